The van der Waals surface area contributed by atoms with Crippen LogP contribution in [0.4, 0.5) is 0 Å². The molecule has 2 atom stereocenters. The number of ether oxygens (including phenoxy) is 3. The first-order valence-corrected chi connectivity index (χ1v) is 5.93. The molecule has 17 heavy (non-hydrogen) atoms. The second kappa shape index (κ2) is 6.00. The molecule has 0 aromatic heterocycles. The van der Waals surface area contributed by atoms with Crippen molar-refractivity contribution in [3.63, 3.8) is 0 Å². The van der Waals surface area contributed by atoms with Gasteiger partial charge in [-0.3, -0.25) is 9.59 Å². The van der Waals surface area contributed by atoms with Crippen molar-refractivity contribution in [1.29, 1.82) is 0 Å². The molecule has 0 bridgehead atoms. The average molecular weight is 244 g/mol. The zero-order chi connectivity index (χ0) is 13.0. The zero-order valence-corrected chi connectivity index (χ0v) is 10.8. The molecule has 1 heterocycles. The Bertz CT molecular complexity index is 257. The minimum Gasteiger partial charge on any atom is -0.463 e. The van der Waals surface area contributed by atoms with Gasteiger partial charge in [0.2, 0.25) is 0 Å². The van der Waals surface area contributed by atoms with Gasteiger partial charge in [0.25, 0.3) is 0 Å². The van der Waals surface area contributed by atoms with E-state index in [2.05, 4.69) is 0 Å². The van der Waals surface area contributed by atoms with Crippen molar-refractivity contribution < 1.29 is 23.8 Å². The quantitative estimate of drug-likeness (QED) is 0.522. The van der Waals surface area contributed by atoms with Crippen LogP contribution in [0.25, 0.3) is 0 Å². The zero-order valence-electron chi connectivity index (χ0n) is 10.8. The van der Waals surface area contributed by atoms with Crippen LogP contribution in [0, 0.1) is 0 Å². The molecule has 0 spiro atoms. The first-order valence-electron chi connectivity index (χ1n) is 5.93. The van der Waals surface area contributed by atoms with E-state index in [1.807, 2.05) is 0 Å². The Kier molecular flexibility index (Phi) is 4.93. The summed E-state index contributed by atoms with van der Waals surface area (Å²) in [6.07, 6.45) is -0.214. The second-order valence-corrected chi connectivity index (χ2v) is 4.70. The highest BCUT2D eigenvalue weighted by atomic mass is 16.6. The lowest BCUT2D eigenvalue weighted by Crippen LogP contribution is -2.16. The van der Waals surface area contributed by atoms with Gasteiger partial charge >= 0.3 is 11.9 Å². The summed E-state index contributed by atoms with van der Waals surface area (Å²) in [5.41, 5.74) is 0. The summed E-state index contributed by atoms with van der Waals surface area (Å²) in [5.74, 6) is -0.575. The molecule has 0 amide bonds. The van der Waals surface area contributed by atoms with E-state index in [0.29, 0.717) is 0 Å². The molecule has 2 unspecified atom stereocenters. The van der Waals surface area contributed by atoms with Crippen LogP contribution >= 0.6 is 0 Å². The molecule has 0 aromatic carbocycles. The third-order valence-corrected chi connectivity index (χ3v) is 2.16. The number of carbonyl (C=O) groups is 2. The topological polar surface area (TPSA) is 65.1 Å². The predicted octanol–water partition coefficient (Wildman–Crippen LogP) is 1.44. The largest absolute Gasteiger partial charge is 0.463 e. The van der Waals surface area contributed by atoms with Crippen molar-refractivity contribution in [3.8, 4) is 0 Å². The van der Waals surface area contributed by atoms with Crippen molar-refractivity contribution in [2.24, 2.45) is 0 Å². The summed E-state index contributed by atoms with van der Waals surface area (Å²) in [5, 5.41) is 0. The minimum atomic E-state index is -0.287. The highest BCUT2D eigenvalue weighted by Gasteiger charge is 2.42. The third-order valence-electron chi connectivity index (χ3n) is 2.16. The Morgan fingerprint density at radius 3 is 1.59 bits per heavy atom. The van der Waals surface area contributed by atoms with Crippen LogP contribution in [0.5, 0.6) is 0 Å². The van der Waals surface area contributed by atoms with E-state index in [0.717, 1.165) is 0 Å². The molecule has 1 saturated heterocycles. The summed E-state index contributed by atoms with van der Waals surface area (Å²) in [6, 6.07) is 0. The highest BCUT2D eigenvalue weighted by Crippen LogP contribution is 2.29. The fourth-order valence-corrected chi connectivity index (χ4v) is 1.49. The van der Waals surface area contributed by atoms with Gasteiger partial charge in [0.05, 0.1) is 37.3 Å². The van der Waals surface area contributed by atoms with Crippen LogP contribution in [0.1, 0.15) is 40.5 Å². The highest BCUT2D eigenvalue weighted by molar-refractivity contribution is 5.73. The monoisotopic (exact) mass is 244 g/mol. The van der Waals surface area contributed by atoms with E-state index in [1.165, 1.54) is 0 Å². The number of hydrogen-bond acceptors (Lipinski definition) is 5. The first kappa shape index (κ1) is 14.0. The van der Waals surface area contributed by atoms with Gasteiger partial charge < -0.3 is 14.2 Å². The molecule has 0 radical (unpaired) electrons. The van der Waals surface area contributed by atoms with Gasteiger partial charge in [-0.15, -0.1) is 0 Å². The maximum atomic E-state index is 11.3. The Morgan fingerprint density at radius 2 is 1.29 bits per heavy atom. The van der Waals surface area contributed by atoms with Gasteiger partial charge in [-0.25, -0.2) is 0 Å². The van der Waals surface area contributed by atoms with Crippen LogP contribution in [-0.2, 0) is 23.8 Å². The van der Waals surface area contributed by atoms with Crippen molar-refractivity contribution in [1.82, 2.24) is 0 Å². The third kappa shape index (κ3) is 5.68. The normalized spacial score (nSPS) is 22.7. The molecule has 98 valence electrons. The van der Waals surface area contributed by atoms with Gasteiger partial charge in [0, 0.05) is 0 Å². The van der Waals surface area contributed by atoms with Crippen molar-refractivity contribution in [2.45, 2.75) is 65.0 Å². The first-order chi connectivity index (χ1) is 7.88. The van der Waals surface area contributed by atoms with Gasteiger partial charge in [-0.2, -0.15) is 0 Å². The lowest BCUT2D eigenvalue weighted by atomic mass is 10.2. The molecule has 0 aliphatic carbocycles. The van der Waals surface area contributed by atoms with E-state index in [1.54, 1.807) is 27.7 Å². The molecule has 0 N–H and O–H groups in total. The molecule has 1 rings (SSSR count). The van der Waals surface area contributed by atoms with E-state index in [4.69, 9.17) is 14.2 Å². The molecule has 5 nitrogen and oxygen atoms in total. The van der Waals surface area contributed by atoms with Crippen LogP contribution in [0.15, 0.2) is 0 Å². The minimum absolute atomic E-state index is 0.120. The van der Waals surface area contributed by atoms with Gasteiger partial charge in [-0.1, -0.05) is 0 Å². The molecular formula is C12H20O5. The van der Waals surface area contributed by atoms with Gasteiger partial charge in [-0.05, 0) is 27.7 Å². The van der Waals surface area contributed by atoms with Crippen molar-refractivity contribution in [3.05, 3.63) is 0 Å². The standard InChI is InChI=1S/C12H20O5/c1-7(2)15-11(13)5-9-10(17-9)6-12(14)16-8(3)4/h7-10H,5-6H2,1-4H3. The summed E-state index contributed by atoms with van der Waals surface area (Å²) >= 11 is 0. The summed E-state index contributed by atoms with van der Waals surface area (Å²) < 4.78 is 15.2. The van der Waals surface area contributed by atoms with Gasteiger partial charge in [0.1, 0.15) is 0 Å². The summed E-state index contributed by atoms with van der Waals surface area (Å²) in [7, 11) is 0. The molecule has 5 heteroatoms. The maximum absolute atomic E-state index is 11.3. The Hall–Kier alpha value is -1.10. The van der Waals surface area contributed by atoms with Crippen LogP contribution < -0.4 is 0 Å². The lowest BCUT2D eigenvalue weighted by molar-refractivity contribution is -0.149. The average Bonchev–Trinajstić information content (AvgIpc) is 2.78. The maximum Gasteiger partial charge on any atom is 0.308 e. The molecule has 1 aliphatic heterocycles. The number of hydrogen-bond donors (Lipinski definition) is 0. The van der Waals surface area contributed by atoms with E-state index in [9.17, 15) is 9.59 Å². The number of esters is 2. The molecule has 1 aliphatic rings. The fraction of sp³-hybridized carbons (Fsp3) is 0.833. The van der Waals surface area contributed by atoms with E-state index >= 15 is 0 Å². The van der Waals surface area contributed by atoms with E-state index < -0.39 is 0 Å². The fourth-order valence-electron chi connectivity index (χ4n) is 1.49. The second-order valence-electron chi connectivity index (χ2n) is 4.70. The SMILES string of the molecule is CC(C)OC(=O)CC1OC1CC(=O)OC(C)C. The number of epoxide rings is 1. The Morgan fingerprint density at radius 1 is 0.941 bits per heavy atom. The molecule has 1 fully saturated rings. The van der Waals surface area contributed by atoms with Gasteiger partial charge in [0.15, 0.2) is 0 Å². The van der Waals surface area contributed by atoms with Crippen LogP contribution in [-0.4, -0.2) is 36.4 Å². The predicted molar refractivity (Wildman–Crippen MR) is 60.4 cm³/mol. The molecule has 0 aromatic rings. The lowest BCUT2D eigenvalue weighted by Gasteiger charge is -2.07. The van der Waals surface area contributed by atoms with Crippen molar-refractivity contribution in [2.75, 3.05) is 0 Å². The summed E-state index contributed by atoms with van der Waals surface area (Å²) in [4.78, 5) is 22.6. The summed E-state index contributed by atoms with van der Waals surface area (Å²) in [6.45, 7) is 7.18. The van der Waals surface area contributed by atoms with Crippen LogP contribution in [0.3, 0.4) is 0 Å². The smallest absolute Gasteiger partial charge is 0.308 e. The Balaban J connectivity index is 2.17. The number of carbonyl (C=O) groups excluding carboxylic acids is 2. The molecule has 0 saturated carbocycles. The van der Waals surface area contributed by atoms with Crippen LogP contribution in [0.2, 0.25) is 0 Å². The number of rotatable bonds is 6. The van der Waals surface area contributed by atoms with E-state index in [-0.39, 0.29) is 49.2 Å². The van der Waals surface area contributed by atoms with Crippen molar-refractivity contribution >= 4 is 11.9 Å². The molecular weight excluding hydrogens is 224 g/mol. The Labute approximate surface area is 101 Å².